The second kappa shape index (κ2) is 8.53. The summed E-state index contributed by atoms with van der Waals surface area (Å²) in [5.74, 6) is -0.312. The van der Waals surface area contributed by atoms with Gasteiger partial charge in [0.1, 0.15) is 11.8 Å². The number of aromatic amines is 1. The van der Waals surface area contributed by atoms with E-state index in [1.807, 2.05) is 12.3 Å². The van der Waals surface area contributed by atoms with E-state index < -0.39 is 0 Å². The summed E-state index contributed by atoms with van der Waals surface area (Å²) in [4.78, 5) is 39.6. The van der Waals surface area contributed by atoms with Gasteiger partial charge in [0.05, 0.1) is 16.7 Å². The maximum Gasteiger partial charge on any atom is 0.269 e. The largest absolute Gasteiger partial charge is 0.367 e. The average Bonchev–Trinajstić information content (AvgIpc) is 2.79. The molecule has 0 aromatic carbocycles. The molecule has 0 spiro atoms. The van der Waals surface area contributed by atoms with Crippen molar-refractivity contribution in [2.45, 2.75) is 13.5 Å². The van der Waals surface area contributed by atoms with Gasteiger partial charge in [-0.1, -0.05) is 0 Å². The lowest BCUT2D eigenvalue weighted by Crippen LogP contribution is -2.46. The second-order valence-corrected chi connectivity index (χ2v) is 7.58. The van der Waals surface area contributed by atoms with Crippen LogP contribution >= 0.6 is 0 Å². The van der Waals surface area contributed by atoms with Crippen molar-refractivity contribution in [3.8, 4) is 6.07 Å². The van der Waals surface area contributed by atoms with Gasteiger partial charge in [0.2, 0.25) is 0 Å². The van der Waals surface area contributed by atoms with E-state index in [1.54, 1.807) is 25.1 Å². The van der Waals surface area contributed by atoms with Gasteiger partial charge >= 0.3 is 0 Å². The van der Waals surface area contributed by atoms with Crippen LogP contribution in [0.25, 0.3) is 11.0 Å². The first-order chi connectivity index (χ1) is 15.0. The highest BCUT2D eigenvalue weighted by atomic mass is 16.1. The lowest BCUT2D eigenvalue weighted by Gasteiger charge is -2.36. The molecule has 1 saturated heterocycles. The summed E-state index contributed by atoms with van der Waals surface area (Å²) < 4.78 is 0. The van der Waals surface area contributed by atoms with E-state index in [9.17, 15) is 14.9 Å². The highest BCUT2D eigenvalue weighted by Gasteiger charge is 2.21. The molecule has 0 aliphatic carbocycles. The number of nitriles is 1. The minimum atomic E-state index is -0.312. The van der Waals surface area contributed by atoms with Crippen molar-refractivity contribution >= 4 is 22.6 Å². The number of nitrogens with zero attached hydrogens (tertiary/aromatic N) is 5. The van der Waals surface area contributed by atoms with E-state index in [0.29, 0.717) is 5.56 Å². The summed E-state index contributed by atoms with van der Waals surface area (Å²) in [6.45, 7) is 5.60. The van der Waals surface area contributed by atoms with Crippen LogP contribution in [0.2, 0.25) is 0 Å². The number of hydrogen-bond donors (Lipinski definition) is 2. The summed E-state index contributed by atoms with van der Waals surface area (Å²) in [5.41, 5.74) is 4.36. The van der Waals surface area contributed by atoms with Gasteiger partial charge < -0.3 is 15.2 Å². The summed E-state index contributed by atoms with van der Waals surface area (Å²) in [5, 5.41) is 12.0. The molecule has 3 aromatic rings. The number of H-pyrrole nitrogens is 1. The first-order valence-electron chi connectivity index (χ1n) is 10.1. The molecule has 1 fully saturated rings. The lowest BCUT2D eigenvalue weighted by atomic mass is 10.1. The Hall–Kier alpha value is -3.77. The summed E-state index contributed by atoms with van der Waals surface area (Å²) in [6.07, 6.45) is 1.85. The summed E-state index contributed by atoms with van der Waals surface area (Å²) in [7, 11) is 1.53. The minimum absolute atomic E-state index is 0.0931. The number of anilines is 1. The number of aromatic nitrogens is 3. The van der Waals surface area contributed by atoms with Crippen molar-refractivity contribution in [2.24, 2.45) is 0 Å². The van der Waals surface area contributed by atoms with E-state index in [2.05, 4.69) is 36.1 Å². The second-order valence-electron chi connectivity index (χ2n) is 7.58. The Morgan fingerprint density at radius 1 is 1.26 bits per heavy atom. The van der Waals surface area contributed by atoms with E-state index in [4.69, 9.17) is 0 Å². The fourth-order valence-electron chi connectivity index (χ4n) is 3.76. The van der Waals surface area contributed by atoms with E-state index >= 15 is 0 Å². The molecule has 1 aliphatic heterocycles. The number of fused-ring (bicyclic) bond motifs is 1. The van der Waals surface area contributed by atoms with Gasteiger partial charge in [-0.05, 0) is 36.8 Å². The normalized spacial score (nSPS) is 14.4. The monoisotopic (exact) mass is 417 g/mol. The predicted octanol–water partition coefficient (Wildman–Crippen LogP) is 1.18. The van der Waals surface area contributed by atoms with Crippen molar-refractivity contribution in [2.75, 3.05) is 38.1 Å². The lowest BCUT2D eigenvalue weighted by molar-refractivity contribution is 0.0958. The minimum Gasteiger partial charge on any atom is -0.367 e. The molecule has 3 aromatic heterocycles. The van der Waals surface area contributed by atoms with Gasteiger partial charge in [-0.2, -0.15) is 5.26 Å². The Balaban J connectivity index is 1.44. The molecule has 1 amide bonds. The predicted molar refractivity (Wildman–Crippen MR) is 117 cm³/mol. The van der Waals surface area contributed by atoms with Gasteiger partial charge in [-0.15, -0.1) is 0 Å². The third-order valence-electron chi connectivity index (χ3n) is 5.49. The van der Waals surface area contributed by atoms with Crippen molar-refractivity contribution < 1.29 is 4.79 Å². The number of pyridine rings is 3. The van der Waals surface area contributed by atoms with Crippen molar-refractivity contribution in [1.82, 2.24) is 25.2 Å². The first-order valence-corrected chi connectivity index (χ1v) is 10.1. The zero-order valence-corrected chi connectivity index (χ0v) is 17.5. The number of amides is 1. The summed E-state index contributed by atoms with van der Waals surface area (Å²) >= 11 is 0. The highest BCUT2D eigenvalue weighted by molar-refractivity contribution is 5.92. The van der Waals surface area contributed by atoms with Gasteiger partial charge in [0.25, 0.3) is 11.5 Å². The van der Waals surface area contributed by atoms with Crippen LogP contribution in [0.3, 0.4) is 0 Å². The number of piperazine rings is 1. The van der Waals surface area contributed by atoms with Crippen LogP contribution in [0.1, 0.15) is 27.3 Å². The van der Waals surface area contributed by atoms with Crippen LogP contribution in [0.4, 0.5) is 5.69 Å². The van der Waals surface area contributed by atoms with Gasteiger partial charge in [-0.25, -0.2) is 4.98 Å². The summed E-state index contributed by atoms with van der Waals surface area (Å²) in [6, 6.07) is 9.31. The van der Waals surface area contributed by atoms with Crippen molar-refractivity contribution in [3.63, 3.8) is 0 Å². The molecular weight excluding hydrogens is 394 g/mol. The molecule has 31 heavy (non-hydrogen) atoms. The van der Waals surface area contributed by atoms with Crippen LogP contribution in [0.5, 0.6) is 0 Å². The first kappa shape index (κ1) is 20.5. The Labute approximate surface area is 179 Å². The average molecular weight is 417 g/mol. The molecule has 0 atom stereocenters. The van der Waals surface area contributed by atoms with Crippen LogP contribution < -0.4 is 15.8 Å². The quantitative estimate of drug-likeness (QED) is 0.654. The van der Waals surface area contributed by atoms with Crippen molar-refractivity contribution in [3.05, 3.63) is 63.3 Å². The van der Waals surface area contributed by atoms with Gasteiger partial charge in [0.15, 0.2) is 5.69 Å². The Morgan fingerprint density at radius 3 is 2.74 bits per heavy atom. The SMILES string of the molecule is CNC(=O)c1ccc(N2CCN(Cc3cnc4cc(C)c(=O)[nH]c4c3)CC2)c(C#N)n1. The van der Waals surface area contributed by atoms with Crippen LogP contribution in [-0.4, -0.2) is 59.0 Å². The number of rotatable bonds is 4. The standard InChI is InChI=1S/C22H23N7O2/c1-14-9-17-18(27-21(14)30)10-15(12-25-17)13-28-5-7-29(8-6-28)20-4-3-16(22(31)24-2)26-19(20)11-23/h3-4,9-10,12H,5-8,13H2,1-2H3,(H,24,31)(H,27,30). The fraction of sp³-hybridized carbons (Fsp3) is 0.318. The molecular formula is C22H23N7O2. The molecule has 0 saturated carbocycles. The smallest absolute Gasteiger partial charge is 0.269 e. The Kier molecular flexibility index (Phi) is 5.64. The third kappa shape index (κ3) is 4.25. The van der Waals surface area contributed by atoms with Gasteiger partial charge in [0, 0.05) is 51.5 Å². The Bertz CT molecular complexity index is 1240. The maximum atomic E-state index is 11.9. The van der Waals surface area contributed by atoms with E-state index in [-0.39, 0.29) is 22.9 Å². The molecule has 0 bridgehead atoms. The number of carbonyl (C=O) groups is 1. The number of carbonyl (C=O) groups excluding carboxylic acids is 1. The number of aryl methyl sites for hydroxylation is 1. The number of nitrogens with one attached hydrogen (secondary N) is 2. The van der Waals surface area contributed by atoms with Crippen LogP contribution in [0.15, 0.2) is 35.3 Å². The molecule has 158 valence electrons. The Morgan fingerprint density at radius 2 is 2.03 bits per heavy atom. The van der Waals surface area contributed by atoms with Crippen LogP contribution in [-0.2, 0) is 6.54 Å². The topological polar surface area (TPSA) is 118 Å². The molecule has 4 rings (SSSR count). The van der Waals surface area contributed by atoms with Crippen LogP contribution in [0, 0.1) is 18.3 Å². The van der Waals surface area contributed by atoms with Crippen molar-refractivity contribution in [1.29, 1.82) is 5.26 Å². The zero-order chi connectivity index (χ0) is 22.0. The molecule has 9 heteroatoms. The molecule has 0 radical (unpaired) electrons. The molecule has 1 aliphatic rings. The van der Waals surface area contributed by atoms with Gasteiger partial charge in [-0.3, -0.25) is 19.5 Å². The third-order valence-corrected chi connectivity index (χ3v) is 5.49. The molecule has 2 N–H and O–H groups in total. The molecule has 9 nitrogen and oxygen atoms in total. The highest BCUT2D eigenvalue weighted by Crippen LogP contribution is 2.21. The van der Waals surface area contributed by atoms with E-state index in [1.165, 1.54) is 7.05 Å². The molecule has 4 heterocycles. The maximum absolute atomic E-state index is 11.9. The molecule has 0 unspecified atom stereocenters. The fourth-order valence-corrected chi connectivity index (χ4v) is 3.76. The zero-order valence-electron chi connectivity index (χ0n) is 17.5. The number of hydrogen-bond acceptors (Lipinski definition) is 7. The van der Waals surface area contributed by atoms with E-state index in [0.717, 1.165) is 55.0 Å².